The van der Waals surface area contributed by atoms with Crippen molar-refractivity contribution >= 4 is 0 Å². The largest absolute Gasteiger partial charge is 0.373 e. The van der Waals surface area contributed by atoms with Crippen molar-refractivity contribution < 1.29 is 4.74 Å². The second kappa shape index (κ2) is 5.58. The molecule has 1 nitrogen and oxygen atoms in total. The zero-order valence-corrected chi connectivity index (χ0v) is 9.02. The van der Waals surface area contributed by atoms with Gasteiger partial charge in [-0.3, -0.25) is 0 Å². The lowest BCUT2D eigenvalue weighted by Gasteiger charge is -2.26. The molecule has 12 heavy (non-hydrogen) atoms. The SMILES string of the molecule is [CH2]CC(CCCC)OC(C)(C)C. The maximum absolute atomic E-state index is 5.83. The molecule has 1 radical (unpaired) electrons. The first-order valence-corrected chi connectivity index (χ1v) is 4.96. The first-order valence-electron chi connectivity index (χ1n) is 4.96. The predicted octanol–water partition coefficient (Wildman–Crippen LogP) is 3.58. The topological polar surface area (TPSA) is 9.23 Å². The zero-order valence-electron chi connectivity index (χ0n) is 9.02. The Bertz CT molecular complexity index is 102. The number of hydrogen-bond acceptors (Lipinski definition) is 1. The molecule has 73 valence electrons. The van der Waals surface area contributed by atoms with Crippen molar-refractivity contribution in [2.75, 3.05) is 0 Å². The maximum Gasteiger partial charge on any atom is 0.0602 e. The van der Waals surface area contributed by atoms with Gasteiger partial charge in [-0.1, -0.05) is 26.7 Å². The van der Waals surface area contributed by atoms with Crippen LogP contribution < -0.4 is 0 Å². The smallest absolute Gasteiger partial charge is 0.0602 e. The first kappa shape index (κ1) is 12.0. The molecule has 0 spiro atoms. The fourth-order valence-electron chi connectivity index (χ4n) is 1.19. The summed E-state index contributed by atoms with van der Waals surface area (Å²) in [5, 5.41) is 0. The lowest BCUT2D eigenvalue weighted by molar-refractivity contribution is -0.0622. The zero-order chi connectivity index (χ0) is 9.61. The van der Waals surface area contributed by atoms with Crippen molar-refractivity contribution in [2.45, 2.75) is 65.1 Å². The van der Waals surface area contributed by atoms with Crippen LogP contribution in [-0.4, -0.2) is 11.7 Å². The number of rotatable bonds is 5. The molecule has 0 aliphatic carbocycles. The first-order chi connectivity index (χ1) is 5.49. The maximum atomic E-state index is 5.83. The molecule has 0 fully saturated rings. The van der Waals surface area contributed by atoms with E-state index in [1.807, 2.05) is 0 Å². The van der Waals surface area contributed by atoms with Crippen molar-refractivity contribution in [2.24, 2.45) is 0 Å². The van der Waals surface area contributed by atoms with Crippen LogP contribution in [0, 0.1) is 6.92 Å². The van der Waals surface area contributed by atoms with Crippen LogP contribution in [0.15, 0.2) is 0 Å². The van der Waals surface area contributed by atoms with Gasteiger partial charge in [0.2, 0.25) is 0 Å². The highest BCUT2D eigenvalue weighted by Gasteiger charge is 2.16. The molecular weight excluding hydrogens is 148 g/mol. The third-order valence-corrected chi connectivity index (χ3v) is 1.72. The second-order valence-electron chi connectivity index (χ2n) is 4.28. The summed E-state index contributed by atoms with van der Waals surface area (Å²) in [5.74, 6) is 0. The molecule has 0 aliphatic rings. The van der Waals surface area contributed by atoms with Crippen LogP contribution in [0.1, 0.15) is 53.4 Å². The molecule has 0 aromatic carbocycles. The van der Waals surface area contributed by atoms with E-state index in [9.17, 15) is 0 Å². The number of ether oxygens (including phenoxy) is 1. The Kier molecular flexibility index (Phi) is 5.56. The summed E-state index contributed by atoms with van der Waals surface area (Å²) in [6.45, 7) is 12.4. The molecule has 1 unspecified atom stereocenters. The Morgan fingerprint density at radius 1 is 1.33 bits per heavy atom. The Balaban J connectivity index is 3.67. The Morgan fingerprint density at radius 3 is 2.25 bits per heavy atom. The van der Waals surface area contributed by atoms with E-state index in [4.69, 9.17) is 4.74 Å². The van der Waals surface area contributed by atoms with Crippen LogP contribution in [0.5, 0.6) is 0 Å². The van der Waals surface area contributed by atoms with Crippen molar-refractivity contribution in [3.63, 3.8) is 0 Å². The lowest BCUT2D eigenvalue weighted by Crippen LogP contribution is -2.26. The summed E-state index contributed by atoms with van der Waals surface area (Å²) in [7, 11) is 0. The van der Waals surface area contributed by atoms with E-state index in [0.717, 1.165) is 12.8 Å². The third kappa shape index (κ3) is 6.66. The Morgan fingerprint density at radius 2 is 1.92 bits per heavy atom. The molecule has 0 aromatic heterocycles. The van der Waals surface area contributed by atoms with E-state index >= 15 is 0 Å². The van der Waals surface area contributed by atoms with E-state index in [2.05, 4.69) is 34.6 Å². The fourth-order valence-corrected chi connectivity index (χ4v) is 1.19. The van der Waals surface area contributed by atoms with E-state index in [1.54, 1.807) is 0 Å². The van der Waals surface area contributed by atoms with Gasteiger partial charge in [0.15, 0.2) is 0 Å². The van der Waals surface area contributed by atoms with E-state index in [-0.39, 0.29) is 5.60 Å². The minimum Gasteiger partial charge on any atom is -0.373 e. The quantitative estimate of drug-likeness (QED) is 0.614. The summed E-state index contributed by atoms with van der Waals surface area (Å²) < 4.78 is 5.83. The average Bonchev–Trinajstić information content (AvgIpc) is 1.95. The predicted molar refractivity (Wildman–Crippen MR) is 54.1 cm³/mol. The van der Waals surface area contributed by atoms with Gasteiger partial charge >= 0.3 is 0 Å². The highest BCUT2D eigenvalue weighted by Crippen LogP contribution is 2.16. The molecule has 0 heterocycles. The van der Waals surface area contributed by atoms with Gasteiger partial charge in [0, 0.05) is 0 Å². The minimum absolute atomic E-state index is 0.0178. The third-order valence-electron chi connectivity index (χ3n) is 1.72. The normalized spacial score (nSPS) is 14.8. The molecular formula is C11H23O. The van der Waals surface area contributed by atoms with Gasteiger partial charge in [-0.25, -0.2) is 0 Å². The van der Waals surface area contributed by atoms with Crippen molar-refractivity contribution in [3.05, 3.63) is 6.92 Å². The highest BCUT2D eigenvalue weighted by atomic mass is 16.5. The van der Waals surface area contributed by atoms with Crippen molar-refractivity contribution in [1.29, 1.82) is 0 Å². The Labute approximate surface area is 77.5 Å². The van der Waals surface area contributed by atoms with Crippen LogP contribution in [0.4, 0.5) is 0 Å². The fraction of sp³-hybridized carbons (Fsp3) is 0.909. The van der Waals surface area contributed by atoms with Gasteiger partial charge in [-0.2, -0.15) is 0 Å². The monoisotopic (exact) mass is 171 g/mol. The standard InChI is InChI=1S/C11H23O/c1-6-8-9-10(7-2)12-11(3,4)5/h10H,2,6-9H2,1,3-5H3. The van der Waals surface area contributed by atoms with Gasteiger partial charge in [0.25, 0.3) is 0 Å². The van der Waals surface area contributed by atoms with Gasteiger partial charge in [0.05, 0.1) is 11.7 Å². The van der Waals surface area contributed by atoms with Gasteiger partial charge in [0.1, 0.15) is 0 Å². The van der Waals surface area contributed by atoms with Crippen LogP contribution >= 0.6 is 0 Å². The summed E-state index contributed by atoms with van der Waals surface area (Å²) >= 11 is 0. The van der Waals surface area contributed by atoms with E-state index < -0.39 is 0 Å². The van der Waals surface area contributed by atoms with E-state index in [1.165, 1.54) is 12.8 Å². The van der Waals surface area contributed by atoms with Gasteiger partial charge < -0.3 is 4.74 Å². The van der Waals surface area contributed by atoms with Crippen LogP contribution in [0.2, 0.25) is 0 Å². The van der Waals surface area contributed by atoms with Crippen molar-refractivity contribution in [3.8, 4) is 0 Å². The summed E-state index contributed by atoms with van der Waals surface area (Å²) in [5.41, 5.74) is -0.0178. The van der Waals surface area contributed by atoms with Crippen LogP contribution in [0.25, 0.3) is 0 Å². The van der Waals surface area contributed by atoms with E-state index in [0.29, 0.717) is 6.10 Å². The summed E-state index contributed by atoms with van der Waals surface area (Å²) in [6, 6.07) is 0. The number of hydrogen-bond donors (Lipinski definition) is 0. The molecule has 0 rings (SSSR count). The highest BCUT2D eigenvalue weighted by molar-refractivity contribution is 4.67. The minimum atomic E-state index is -0.0178. The molecule has 0 saturated heterocycles. The molecule has 0 bridgehead atoms. The molecule has 0 aromatic rings. The number of unbranched alkanes of at least 4 members (excludes halogenated alkanes) is 1. The Hall–Kier alpha value is -0.0400. The second-order valence-corrected chi connectivity index (χ2v) is 4.28. The lowest BCUT2D eigenvalue weighted by atomic mass is 10.1. The molecule has 0 aliphatic heterocycles. The molecule has 1 heteroatoms. The van der Waals surface area contributed by atoms with Gasteiger partial charge in [-0.05, 0) is 33.6 Å². The van der Waals surface area contributed by atoms with Crippen LogP contribution in [-0.2, 0) is 4.74 Å². The van der Waals surface area contributed by atoms with Crippen molar-refractivity contribution in [1.82, 2.24) is 0 Å². The summed E-state index contributed by atoms with van der Waals surface area (Å²) in [6.07, 6.45) is 4.87. The molecule has 1 atom stereocenters. The summed E-state index contributed by atoms with van der Waals surface area (Å²) in [4.78, 5) is 0. The molecule has 0 N–H and O–H groups in total. The average molecular weight is 171 g/mol. The molecule has 0 amide bonds. The van der Waals surface area contributed by atoms with Gasteiger partial charge in [-0.15, -0.1) is 0 Å². The van der Waals surface area contributed by atoms with Crippen LogP contribution in [0.3, 0.4) is 0 Å². The molecule has 0 saturated carbocycles.